The van der Waals surface area contributed by atoms with Crippen molar-refractivity contribution in [1.29, 1.82) is 0 Å². The molecule has 0 fully saturated rings. The summed E-state index contributed by atoms with van der Waals surface area (Å²) in [5.41, 5.74) is 6.49. The lowest BCUT2D eigenvalue weighted by Gasteiger charge is -2.49. The van der Waals surface area contributed by atoms with Gasteiger partial charge in [0.2, 0.25) is 0 Å². The average Bonchev–Trinajstić information content (AvgIpc) is 2.62. The molecule has 7 N–H and O–H groups in total. The molecule has 0 aliphatic heterocycles. The highest BCUT2D eigenvalue weighted by molar-refractivity contribution is 8.49. The molecule has 3 aromatic carbocycles. The molecule has 0 heterocycles. The first kappa shape index (κ1) is 17.9. The van der Waals surface area contributed by atoms with Crippen molar-refractivity contribution in [3.8, 4) is 0 Å². The van der Waals surface area contributed by atoms with Crippen LogP contribution in [0.15, 0.2) is 99.6 Å². The molecule has 0 spiro atoms. The summed E-state index contributed by atoms with van der Waals surface area (Å²) in [6, 6.07) is 24.1. The van der Waals surface area contributed by atoms with Crippen molar-refractivity contribution in [2.75, 3.05) is 5.73 Å². The van der Waals surface area contributed by atoms with Crippen LogP contribution in [0.2, 0.25) is 0 Å². The summed E-state index contributed by atoms with van der Waals surface area (Å²) in [4.78, 5) is 33.5. The van der Waals surface area contributed by atoms with E-state index in [1.54, 1.807) is 84.9 Å². The van der Waals surface area contributed by atoms with Gasteiger partial charge in [0.05, 0.1) is 0 Å². The van der Waals surface area contributed by atoms with Crippen molar-refractivity contribution < 1.29 is 14.7 Å². The Labute approximate surface area is 146 Å². The highest BCUT2D eigenvalue weighted by Crippen LogP contribution is 2.64. The third kappa shape index (κ3) is 2.39. The topological polar surface area (TPSA) is 113 Å². The van der Waals surface area contributed by atoms with E-state index in [0.29, 0.717) is 20.4 Å². The maximum absolute atomic E-state index is 10.8. The van der Waals surface area contributed by atoms with E-state index in [1.807, 2.05) is 0 Å². The van der Waals surface area contributed by atoms with Crippen LogP contribution in [0.25, 0.3) is 0 Å². The number of rotatable bonds is 3. The quantitative estimate of drug-likeness (QED) is 0.356. The molecule has 0 unspecified atom stereocenters. The number of hydrogen-bond donors (Lipinski definition) is 5. The van der Waals surface area contributed by atoms with Gasteiger partial charge in [0.15, 0.2) is 0 Å². The zero-order valence-electron chi connectivity index (χ0n) is 13.4. The van der Waals surface area contributed by atoms with Crippen LogP contribution in [-0.4, -0.2) is 14.7 Å². The van der Waals surface area contributed by atoms with Crippen LogP contribution in [0.3, 0.4) is 0 Å². The Morgan fingerprint density at radius 2 is 1.04 bits per heavy atom. The highest BCUT2D eigenvalue weighted by atomic mass is 32.6. The van der Waals surface area contributed by atoms with Crippen molar-refractivity contribution in [3.63, 3.8) is 0 Å². The van der Waals surface area contributed by atoms with Gasteiger partial charge >= 0.3 is 0 Å². The maximum atomic E-state index is 10.8. The first-order valence-corrected chi connectivity index (χ1v) is 11.9. The molecule has 0 aliphatic rings. The second kappa shape index (κ2) is 6.11. The highest BCUT2D eigenvalue weighted by Gasteiger charge is 2.46. The van der Waals surface area contributed by atoms with Gasteiger partial charge in [-0.2, -0.15) is 0 Å². The van der Waals surface area contributed by atoms with Gasteiger partial charge in [-0.1, -0.05) is 57.1 Å². The molecular weight excluding hydrogens is 355 g/mol. The fourth-order valence-electron chi connectivity index (χ4n) is 3.05. The maximum Gasteiger partial charge on any atom is 0.285 e. The molecule has 0 amide bonds. The fourth-order valence-corrected chi connectivity index (χ4v) is 10.7. The van der Waals surface area contributed by atoms with Gasteiger partial charge in [-0.15, -0.1) is 0 Å². The Kier molecular flexibility index (Phi) is 4.37. The van der Waals surface area contributed by atoms with Gasteiger partial charge in [-0.25, -0.2) is 0 Å². The van der Waals surface area contributed by atoms with E-state index in [4.69, 9.17) is 10.9 Å². The van der Waals surface area contributed by atoms with Crippen LogP contribution < -0.4 is 10.9 Å². The zero-order valence-corrected chi connectivity index (χ0v) is 15.1. The summed E-state index contributed by atoms with van der Waals surface area (Å²) in [5, 5.41) is 6.99. The predicted molar refractivity (Wildman–Crippen MR) is 104 cm³/mol. The monoisotopic (exact) mass is 376 g/mol. The lowest BCUT2D eigenvalue weighted by molar-refractivity contribution is 0.361. The molecular formula is C18H21N2O3PS. The first-order valence-electron chi connectivity index (χ1n) is 7.57. The molecule has 0 saturated heterocycles. The van der Waals surface area contributed by atoms with Crippen LogP contribution >= 0.6 is 6.72 Å². The van der Waals surface area contributed by atoms with Crippen molar-refractivity contribution in [1.82, 2.24) is 0 Å². The molecule has 5 nitrogen and oxygen atoms in total. The first-order chi connectivity index (χ1) is 11.8. The minimum atomic E-state index is -4.66. The Bertz CT molecular complexity index is 949. The minimum absolute atomic E-state index is 0.293. The van der Waals surface area contributed by atoms with E-state index in [2.05, 4.69) is 0 Å². The van der Waals surface area contributed by atoms with Gasteiger partial charge in [0.25, 0.3) is 6.72 Å². The Morgan fingerprint density at radius 1 is 0.640 bits per heavy atom. The average molecular weight is 376 g/mol. The van der Waals surface area contributed by atoms with Gasteiger partial charge in [0, 0.05) is 20.4 Å². The zero-order chi connectivity index (χ0) is 18.2. The third-order valence-electron chi connectivity index (χ3n) is 4.31. The molecule has 0 bridgehead atoms. The van der Waals surface area contributed by atoms with Crippen molar-refractivity contribution in [2.24, 2.45) is 5.14 Å². The molecule has 0 aromatic heterocycles. The van der Waals surface area contributed by atoms with Gasteiger partial charge in [-0.05, 0) is 36.4 Å². The molecule has 132 valence electrons. The van der Waals surface area contributed by atoms with Crippen LogP contribution in [0.5, 0.6) is 0 Å². The molecule has 3 rings (SSSR count). The van der Waals surface area contributed by atoms with E-state index < -0.39 is 15.2 Å². The van der Waals surface area contributed by atoms with Crippen LogP contribution in [0, 0.1) is 0 Å². The van der Waals surface area contributed by atoms with E-state index >= 15 is 0 Å². The van der Waals surface area contributed by atoms with Crippen molar-refractivity contribution >= 4 is 20.9 Å². The van der Waals surface area contributed by atoms with E-state index in [1.165, 1.54) is 0 Å². The summed E-state index contributed by atoms with van der Waals surface area (Å²) in [6.45, 7) is -4.66. The van der Waals surface area contributed by atoms with E-state index in [-0.39, 0.29) is 0 Å². The Balaban J connectivity index is 2.71. The number of nitrogens with two attached hydrogens (primary N) is 2. The molecule has 0 atom stereocenters. The smallest absolute Gasteiger partial charge is 0.285 e. The molecule has 0 aliphatic carbocycles. The lowest BCUT2D eigenvalue weighted by Crippen LogP contribution is -2.44. The van der Waals surface area contributed by atoms with Gasteiger partial charge in [-0.3, -0.25) is 5.14 Å². The molecule has 25 heavy (non-hydrogen) atoms. The van der Waals surface area contributed by atoms with Crippen molar-refractivity contribution in [3.05, 3.63) is 84.9 Å². The third-order valence-corrected chi connectivity index (χ3v) is 14.0. The summed E-state index contributed by atoms with van der Waals surface area (Å²) < 4.78 is 0. The number of anilines is 1. The van der Waals surface area contributed by atoms with Crippen LogP contribution in [0.1, 0.15) is 0 Å². The number of benzene rings is 3. The van der Waals surface area contributed by atoms with Gasteiger partial charge < -0.3 is 20.4 Å². The SMILES string of the molecule is Nc1ccccc1S(N)(c1ccccc1)(c1ccccc1)=P(O)(O)O. The molecule has 7 heteroatoms. The van der Waals surface area contributed by atoms with E-state index in [0.717, 1.165) is 0 Å². The number of nitrogen functional groups attached to an aromatic ring is 1. The Hall–Kier alpha value is -1.92. The summed E-state index contributed by atoms with van der Waals surface area (Å²) in [6.07, 6.45) is 0. The molecule has 0 saturated carbocycles. The lowest BCUT2D eigenvalue weighted by atomic mass is 10.3. The van der Waals surface area contributed by atoms with Crippen molar-refractivity contribution in [2.45, 2.75) is 14.7 Å². The number of para-hydroxylation sites is 1. The predicted octanol–water partition coefficient (Wildman–Crippen LogP) is 2.96. The van der Waals surface area contributed by atoms with Crippen LogP contribution in [-0.2, 0) is 8.53 Å². The van der Waals surface area contributed by atoms with Crippen LogP contribution in [0.4, 0.5) is 5.69 Å². The standard InChI is InChI=1S/C18H21N2O3PS/c19-17-13-7-8-14-18(17)25(20,24(21,22)23,15-9-3-1-4-10-15)16-11-5-2-6-12-16/h1-14,21-23H,19-20H2. The summed E-state index contributed by atoms with van der Waals surface area (Å²) in [5.74, 6) is 0. The van der Waals surface area contributed by atoms with E-state index in [9.17, 15) is 14.7 Å². The summed E-state index contributed by atoms with van der Waals surface area (Å²) >= 11 is 0. The van der Waals surface area contributed by atoms with Gasteiger partial charge in [0.1, 0.15) is 0 Å². The molecule has 3 aromatic rings. The fraction of sp³-hybridized carbons (Fsp3) is 0. The largest absolute Gasteiger partial charge is 0.398 e. The normalized spacial score (nSPS) is 13.8. The summed E-state index contributed by atoms with van der Waals surface area (Å²) in [7, 11) is -4.20. The molecule has 0 radical (unpaired) electrons. The second-order valence-electron chi connectivity index (χ2n) is 5.72. The number of hydrogen-bond acceptors (Lipinski definition) is 1. The second-order valence-corrected chi connectivity index (χ2v) is 13.9. The minimum Gasteiger partial charge on any atom is -0.398 e. The Morgan fingerprint density at radius 3 is 1.44 bits per heavy atom.